The number of aromatic nitrogens is 1. The number of hydrogen-bond acceptors (Lipinski definition) is 5. The molecular formula is C16H16BrF3N2O4S. The zero-order chi connectivity index (χ0) is 20.2. The average Bonchev–Trinajstić information content (AvgIpc) is 2.58. The van der Waals surface area contributed by atoms with Crippen LogP contribution in [-0.4, -0.2) is 39.6 Å². The van der Waals surface area contributed by atoms with E-state index < -0.39 is 22.0 Å². The molecule has 148 valence electrons. The molecule has 0 atom stereocenters. The summed E-state index contributed by atoms with van der Waals surface area (Å²) in [6.07, 6.45) is -3.55. The fourth-order valence-corrected chi connectivity index (χ4v) is 3.93. The van der Waals surface area contributed by atoms with Gasteiger partial charge in [-0.15, -0.1) is 0 Å². The Morgan fingerprint density at radius 1 is 1.15 bits per heavy atom. The van der Waals surface area contributed by atoms with Crippen molar-refractivity contribution in [2.24, 2.45) is 0 Å². The third-order valence-corrected chi connectivity index (χ3v) is 5.55. The van der Waals surface area contributed by atoms with Gasteiger partial charge < -0.3 is 9.47 Å². The van der Waals surface area contributed by atoms with Crippen molar-refractivity contribution in [1.82, 2.24) is 4.98 Å². The number of methoxy groups -OCH3 is 2. The van der Waals surface area contributed by atoms with Crippen molar-refractivity contribution in [3.63, 3.8) is 0 Å². The summed E-state index contributed by atoms with van der Waals surface area (Å²) in [6.45, 7) is -0.336. The lowest BCUT2D eigenvalue weighted by atomic mass is 10.2. The Kier molecular flexibility index (Phi) is 6.58. The standard InChI is InChI=1S/C16H16BrF3N2O4S/c1-25-13-5-3-11(4-6-13)9-22(27(23,24)10-16(18,19)20)14-7-12(17)8-21-15(14)26-2/h3-8H,9-10H2,1-2H3. The first-order valence-electron chi connectivity index (χ1n) is 7.45. The van der Waals surface area contributed by atoms with Crippen LogP contribution in [0.25, 0.3) is 0 Å². The number of alkyl halides is 3. The molecule has 0 aliphatic heterocycles. The zero-order valence-electron chi connectivity index (χ0n) is 14.3. The van der Waals surface area contributed by atoms with Crippen LogP contribution in [-0.2, 0) is 16.6 Å². The van der Waals surface area contributed by atoms with Gasteiger partial charge in [0.1, 0.15) is 11.4 Å². The predicted octanol–water partition coefficient (Wildman–Crippen LogP) is 3.76. The number of anilines is 1. The minimum absolute atomic E-state index is 0.105. The van der Waals surface area contributed by atoms with Crippen molar-refractivity contribution in [3.05, 3.63) is 46.6 Å². The van der Waals surface area contributed by atoms with Gasteiger partial charge in [0, 0.05) is 10.7 Å². The minimum Gasteiger partial charge on any atom is -0.497 e. The Labute approximate surface area is 163 Å². The molecule has 1 heterocycles. The number of benzene rings is 1. The van der Waals surface area contributed by atoms with Crippen molar-refractivity contribution in [2.75, 3.05) is 24.3 Å². The zero-order valence-corrected chi connectivity index (χ0v) is 16.7. The highest BCUT2D eigenvalue weighted by Gasteiger charge is 2.39. The van der Waals surface area contributed by atoms with Crippen LogP contribution in [0.1, 0.15) is 5.56 Å². The molecule has 0 saturated carbocycles. The van der Waals surface area contributed by atoms with E-state index in [4.69, 9.17) is 9.47 Å². The third kappa shape index (κ3) is 5.73. The van der Waals surface area contributed by atoms with E-state index in [1.165, 1.54) is 26.5 Å². The number of hydrogen-bond donors (Lipinski definition) is 0. The summed E-state index contributed by atoms with van der Waals surface area (Å²) < 4.78 is 74.7. The largest absolute Gasteiger partial charge is 0.497 e. The molecule has 0 amide bonds. The van der Waals surface area contributed by atoms with Crippen LogP contribution in [0, 0.1) is 0 Å². The normalized spacial score (nSPS) is 11.9. The molecule has 0 aliphatic carbocycles. The number of pyridine rings is 1. The minimum atomic E-state index is -4.90. The average molecular weight is 469 g/mol. The molecule has 2 rings (SSSR count). The van der Waals surface area contributed by atoms with Crippen LogP contribution < -0.4 is 13.8 Å². The van der Waals surface area contributed by atoms with Gasteiger partial charge in [-0.25, -0.2) is 13.4 Å². The number of nitrogens with zero attached hydrogens (tertiary/aromatic N) is 2. The van der Waals surface area contributed by atoms with Crippen LogP contribution in [0.2, 0.25) is 0 Å². The Bertz CT molecular complexity index is 890. The lowest BCUT2D eigenvalue weighted by Gasteiger charge is -2.26. The second kappa shape index (κ2) is 8.34. The molecule has 27 heavy (non-hydrogen) atoms. The van der Waals surface area contributed by atoms with Crippen molar-refractivity contribution in [3.8, 4) is 11.6 Å². The Hall–Kier alpha value is -2.01. The molecule has 0 fully saturated rings. The molecular weight excluding hydrogens is 453 g/mol. The lowest BCUT2D eigenvalue weighted by molar-refractivity contribution is -0.106. The van der Waals surface area contributed by atoms with Crippen molar-refractivity contribution in [2.45, 2.75) is 12.7 Å². The first kappa shape index (κ1) is 21.3. The molecule has 0 aliphatic rings. The Morgan fingerprint density at radius 3 is 2.30 bits per heavy atom. The van der Waals surface area contributed by atoms with Gasteiger partial charge in [-0.3, -0.25) is 4.31 Å². The summed E-state index contributed by atoms with van der Waals surface area (Å²) in [5.41, 5.74) is 0.357. The fraction of sp³-hybridized carbons (Fsp3) is 0.312. The molecule has 0 unspecified atom stereocenters. The maximum absolute atomic E-state index is 12.8. The van der Waals surface area contributed by atoms with Crippen LogP contribution in [0.15, 0.2) is 41.0 Å². The highest BCUT2D eigenvalue weighted by Crippen LogP contribution is 2.34. The first-order chi connectivity index (χ1) is 12.6. The second-order valence-electron chi connectivity index (χ2n) is 5.41. The van der Waals surface area contributed by atoms with E-state index in [1.807, 2.05) is 0 Å². The number of halogens is 4. The number of rotatable bonds is 7. The van der Waals surface area contributed by atoms with E-state index in [0.717, 1.165) is 0 Å². The summed E-state index contributed by atoms with van der Waals surface area (Å²) in [5, 5.41) is 0. The van der Waals surface area contributed by atoms with Gasteiger partial charge in [-0.1, -0.05) is 12.1 Å². The van der Waals surface area contributed by atoms with Gasteiger partial charge in [-0.2, -0.15) is 13.2 Å². The van der Waals surface area contributed by atoms with Gasteiger partial charge in [-0.05, 0) is 39.7 Å². The number of ether oxygens (including phenoxy) is 2. The second-order valence-corrected chi connectivity index (χ2v) is 8.22. The fourth-order valence-electron chi connectivity index (χ4n) is 2.27. The van der Waals surface area contributed by atoms with Gasteiger partial charge in [0.15, 0.2) is 5.75 Å². The highest BCUT2D eigenvalue weighted by molar-refractivity contribution is 9.10. The molecule has 1 aromatic heterocycles. The molecule has 1 aromatic carbocycles. The third-order valence-electron chi connectivity index (χ3n) is 3.43. The maximum atomic E-state index is 12.8. The summed E-state index contributed by atoms with van der Waals surface area (Å²) in [6, 6.07) is 7.63. The van der Waals surface area contributed by atoms with E-state index in [1.54, 1.807) is 24.3 Å². The van der Waals surface area contributed by atoms with Crippen molar-refractivity contribution in [1.29, 1.82) is 0 Å². The number of sulfonamides is 1. The van der Waals surface area contributed by atoms with Crippen LogP contribution in [0.5, 0.6) is 11.6 Å². The molecule has 6 nitrogen and oxygen atoms in total. The van der Waals surface area contributed by atoms with E-state index in [-0.39, 0.29) is 18.1 Å². The molecule has 0 saturated heterocycles. The molecule has 11 heteroatoms. The summed E-state index contributed by atoms with van der Waals surface area (Å²) in [5.74, 6) is -1.59. The Morgan fingerprint density at radius 2 is 1.78 bits per heavy atom. The Balaban J connectivity index is 2.53. The lowest BCUT2D eigenvalue weighted by Crippen LogP contribution is -2.38. The summed E-state index contributed by atoms with van der Waals surface area (Å²) >= 11 is 3.15. The van der Waals surface area contributed by atoms with E-state index in [0.29, 0.717) is 20.1 Å². The molecule has 0 spiro atoms. The van der Waals surface area contributed by atoms with Crippen molar-refractivity contribution >= 4 is 31.6 Å². The highest BCUT2D eigenvalue weighted by atomic mass is 79.9. The van der Waals surface area contributed by atoms with Crippen LogP contribution >= 0.6 is 15.9 Å². The summed E-state index contributed by atoms with van der Waals surface area (Å²) in [4.78, 5) is 3.92. The predicted molar refractivity (Wildman–Crippen MR) is 97.5 cm³/mol. The quantitative estimate of drug-likeness (QED) is 0.618. The first-order valence-corrected chi connectivity index (χ1v) is 9.85. The molecule has 0 N–H and O–H groups in total. The van der Waals surface area contributed by atoms with E-state index in [2.05, 4.69) is 20.9 Å². The monoisotopic (exact) mass is 468 g/mol. The van der Waals surface area contributed by atoms with Gasteiger partial charge >= 0.3 is 6.18 Å². The van der Waals surface area contributed by atoms with E-state index >= 15 is 0 Å². The van der Waals surface area contributed by atoms with Gasteiger partial charge in [0.25, 0.3) is 0 Å². The van der Waals surface area contributed by atoms with Gasteiger partial charge in [0.2, 0.25) is 15.9 Å². The maximum Gasteiger partial charge on any atom is 0.404 e. The SMILES string of the molecule is COc1ccc(CN(c2cc(Br)cnc2OC)S(=O)(=O)CC(F)(F)F)cc1. The van der Waals surface area contributed by atoms with Crippen molar-refractivity contribution < 1.29 is 31.1 Å². The molecule has 0 radical (unpaired) electrons. The van der Waals surface area contributed by atoms with Crippen LogP contribution in [0.4, 0.5) is 18.9 Å². The topological polar surface area (TPSA) is 68.7 Å². The van der Waals surface area contributed by atoms with Crippen LogP contribution in [0.3, 0.4) is 0 Å². The van der Waals surface area contributed by atoms with E-state index in [9.17, 15) is 21.6 Å². The summed E-state index contributed by atoms with van der Waals surface area (Å²) in [7, 11) is -2.04. The molecule has 2 aromatic rings. The molecule has 0 bridgehead atoms. The smallest absolute Gasteiger partial charge is 0.404 e. The van der Waals surface area contributed by atoms with Gasteiger partial charge in [0.05, 0.1) is 20.8 Å².